The molecule has 0 amide bonds. The second-order valence-corrected chi connectivity index (χ2v) is 3.66. The van der Waals surface area contributed by atoms with E-state index in [0.29, 0.717) is 3.70 Å². The van der Waals surface area contributed by atoms with Gasteiger partial charge in [-0.25, -0.2) is 0 Å². The predicted octanol–water partition coefficient (Wildman–Crippen LogP) is 1.98. The molecule has 1 heterocycles. The molecular formula is C6H8IN3O2. The third-order valence-corrected chi connectivity index (χ3v) is 2.16. The Morgan fingerprint density at radius 1 is 1.75 bits per heavy atom. The van der Waals surface area contributed by atoms with Crippen molar-refractivity contribution in [3.63, 3.8) is 0 Å². The quantitative estimate of drug-likeness (QED) is 0.473. The first-order chi connectivity index (χ1) is 5.52. The number of nitrogens with zero attached hydrogens (tertiary/aromatic N) is 3. The van der Waals surface area contributed by atoms with Gasteiger partial charge in [0.05, 0.1) is 4.92 Å². The summed E-state index contributed by atoms with van der Waals surface area (Å²) in [4.78, 5) is 9.98. The third-order valence-electron chi connectivity index (χ3n) is 1.39. The number of halogens is 1. The van der Waals surface area contributed by atoms with Crippen molar-refractivity contribution in [2.45, 2.75) is 19.9 Å². The average molecular weight is 281 g/mol. The highest BCUT2D eigenvalue weighted by Crippen LogP contribution is 2.20. The molecule has 0 bridgehead atoms. The number of hydrogen-bond acceptors (Lipinski definition) is 3. The summed E-state index contributed by atoms with van der Waals surface area (Å²) in [5, 5.41) is 14.4. The molecule has 0 saturated carbocycles. The molecule has 0 aliphatic rings. The van der Waals surface area contributed by atoms with Gasteiger partial charge in [0.15, 0.2) is 3.70 Å². The number of hydrogen-bond donors (Lipinski definition) is 0. The number of aromatic nitrogens is 2. The fourth-order valence-electron chi connectivity index (χ4n) is 0.747. The molecule has 0 saturated heterocycles. The lowest BCUT2D eigenvalue weighted by atomic mass is 10.4. The van der Waals surface area contributed by atoms with Crippen LogP contribution in [0.15, 0.2) is 6.20 Å². The molecule has 0 unspecified atom stereocenters. The molecule has 0 atom stereocenters. The van der Waals surface area contributed by atoms with Crippen LogP contribution in [0.2, 0.25) is 0 Å². The highest BCUT2D eigenvalue weighted by molar-refractivity contribution is 14.1. The summed E-state index contributed by atoms with van der Waals surface area (Å²) in [5.41, 5.74) is 0.0734. The van der Waals surface area contributed by atoms with Gasteiger partial charge < -0.3 is 0 Å². The Morgan fingerprint density at radius 2 is 2.33 bits per heavy atom. The van der Waals surface area contributed by atoms with Crippen LogP contribution in [0, 0.1) is 13.8 Å². The van der Waals surface area contributed by atoms with E-state index in [1.54, 1.807) is 4.68 Å². The van der Waals surface area contributed by atoms with Crippen molar-refractivity contribution in [1.82, 2.24) is 9.78 Å². The van der Waals surface area contributed by atoms with Gasteiger partial charge in [-0.3, -0.25) is 14.8 Å². The van der Waals surface area contributed by atoms with Gasteiger partial charge in [-0.1, -0.05) is 0 Å². The van der Waals surface area contributed by atoms with Crippen molar-refractivity contribution in [1.29, 1.82) is 0 Å². The van der Waals surface area contributed by atoms with E-state index in [-0.39, 0.29) is 11.7 Å². The average Bonchev–Trinajstić information content (AvgIpc) is 2.30. The van der Waals surface area contributed by atoms with Crippen molar-refractivity contribution in [2.75, 3.05) is 0 Å². The molecule has 1 aromatic rings. The van der Waals surface area contributed by atoms with Crippen LogP contribution in [0.1, 0.15) is 19.9 Å². The maximum atomic E-state index is 10.4. The molecule has 0 aromatic carbocycles. The molecule has 1 rings (SSSR count). The summed E-state index contributed by atoms with van der Waals surface area (Å²) in [5.74, 6) is 0. The van der Waals surface area contributed by atoms with E-state index < -0.39 is 4.92 Å². The maximum Gasteiger partial charge on any atom is 0.320 e. The van der Waals surface area contributed by atoms with Crippen LogP contribution in [0.25, 0.3) is 0 Å². The summed E-state index contributed by atoms with van der Waals surface area (Å²) < 4.78 is 2.02. The Balaban J connectivity index is 3.09. The maximum absolute atomic E-state index is 10.4. The van der Waals surface area contributed by atoms with Gasteiger partial charge in [-0.15, -0.1) is 0 Å². The second kappa shape index (κ2) is 3.38. The SMILES string of the molecule is CC(C)n1cc([N+](=O)[O-])c(I)n1. The molecule has 12 heavy (non-hydrogen) atoms. The van der Waals surface area contributed by atoms with Crippen molar-refractivity contribution < 1.29 is 4.92 Å². The summed E-state index contributed by atoms with van der Waals surface area (Å²) in [6.07, 6.45) is 1.45. The van der Waals surface area contributed by atoms with Crippen molar-refractivity contribution in [2.24, 2.45) is 0 Å². The van der Waals surface area contributed by atoms with E-state index in [1.807, 2.05) is 36.4 Å². The van der Waals surface area contributed by atoms with Crippen molar-refractivity contribution in [3.05, 3.63) is 20.0 Å². The fourth-order valence-corrected chi connectivity index (χ4v) is 1.33. The minimum absolute atomic E-state index is 0.0734. The molecular weight excluding hydrogens is 273 g/mol. The van der Waals surface area contributed by atoms with E-state index in [2.05, 4.69) is 5.10 Å². The van der Waals surface area contributed by atoms with Gasteiger partial charge in [0.25, 0.3) is 0 Å². The Labute approximate surface area is 83.0 Å². The zero-order chi connectivity index (χ0) is 9.30. The molecule has 5 nitrogen and oxygen atoms in total. The zero-order valence-electron chi connectivity index (χ0n) is 6.69. The third kappa shape index (κ3) is 1.74. The summed E-state index contributed by atoms with van der Waals surface area (Å²) in [6.45, 7) is 3.85. The predicted molar refractivity (Wildman–Crippen MR) is 52.0 cm³/mol. The van der Waals surface area contributed by atoms with E-state index >= 15 is 0 Å². The molecule has 6 heteroatoms. The lowest BCUT2D eigenvalue weighted by Gasteiger charge is -2.01. The molecule has 0 fully saturated rings. The van der Waals surface area contributed by atoms with Crippen LogP contribution in [0.3, 0.4) is 0 Å². The first-order valence-corrected chi connectivity index (χ1v) is 4.49. The lowest BCUT2D eigenvalue weighted by molar-refractivity contribution is -0.385. The smallest absolute Gasteiger partial charge is 0.262 e. The minimum Gasteiger partial charge on any atom is -0.262 e. The van der Waals surface area contributed by atoms with E-state index in [1.165, 1.54) is 6.20 Å². The normalized spacial score (nSPS) is 10.7. The first-order valence-electron chi connectivity index (χ1n) is 3.41. The minimum atomic E-state index is -0.423. The summed E-state index contributed by atoms with van der Waals surface area (Å²) in [6, 6.07) is 0.159. The van der Waals surface area contributed by atoms with Crippen LogP contribution in [-0.4, -0.2) is 14.7 Å². The van der Waals surface area contributed by atoms with Gasteiger partial charge in [0.2, 0.25) is 0 Å². The van der Waals surface area contributed by atoms with Gasteiger partial charge >= 0.3 is 5.69 Å². The molecule has 0 spiro atoms. The standard InChI is InChI=1S/C6H8IN3O2/c1-4(2)9-3-5(10(11)12)6(7)8-9/h3-4H,1-2H3. The molecule has 0 radical (unpaired) electrons. The van der Waals surface area contributed by atoms with Gasteiger partial charge in [-0.05, 0) is 36.4 Å². The molecule has 1 aromatic heterocycles. The second-order valence-electron chi connectivity index (χ2n) is 2.64. The highest BCUT2D eigenvalue weighted by Gasteiger charge is 2.17. The van der Waals surface area contributed by atoms with E-state index in [4.69, 9.17) is 0 Å². The van der Waals surface area contributed by atoms with Crippen LogP contribution in [-0.2, 0) is 0 Å². The van der Waals surface area contributed by atoms with E-state index in [0.717, 1.165) is 0 Å². The molecule has 66 valence electrons. The van der Waals surface area contributed by atoms with Crippen molar-refractivity contribution >= 4 is 28.3 Å². The topological polar surface area (TPSA) is 61.0 Å². The summed E-state index contributed by atoms with van der Waals surface area (Å²) in [7, 11) is 0. The zero-order valence-corrected chi connectivity index (χ0v) is 8.85. The largest absolute Gasteiger partial charge is 0.320 e. The van der Waals surface area contributed by atoms with Crippen LogP contribution >= 0.6 is 22.6 Å². The Hall–Kier alpha value is -0.660. The Bertz CT molecular complexity index is 308. The number of rotatable bonds is 2. The van der Waals surface area contributed by atoms with Gasteiger partial charge in [-0.2, -0.15) is 5.10 Å². The highest BCUT2D eigenvalue weighted by atomic mass is 127. The van der Waals surface area contributed by atoms with Crippen LogP contribution in [0.5, 0.6) is 0 Å². The van der Waals surface area contributed by atoms with E-state index in [9.17, 15) is 10.1 Å². The van der Waals surface area contributed by atoms with Gasteiger partial charge in [0.1, 0.15) is 6.20 Å². The first kappa shape index (κ1) is 9.43. The Morgan fingerprint density at radius 3 is 2.58 bits per heavy atom. The molecule has 0 aliphatic heterocycles. The lowest BCUT2D eigenvalue weighted by Crippen LogP contribution is -2.00. The molecule has 0 aliphatic carbocycles. The van der Waals surface area contributed by atoms with Crippen LogP contribution in [0.4, 0.5) is 5.69 Å². The number of nitro groups is 1. The monoisotopic (exact) mass is 281 g/mol. The Kier molecular flexibility index (Phi) is 2.65. The van der Waals surface area contributed by atoms with Gasteiger partial charge in [0, 0.05) is 6.04 Å². The fraction of sp³-hybridized carbons (Fsp3) is 0.500. The molecule has 0 N–H and O–H groups in total. The summed E-state index contributed by atoms with van der Waals surface area (Å²) >= 11 is 1.86. The van der Waals surface area contributed by atoms with Crippen molar-refractivity contribution in [3.8, 4) is 0 Å². The van der Waals surface area contributed by atoms with Crippen LogP contribution < -0.4 is 0 Å².